The highest BCUT2D eigenvalue weighted by Gasteiger charge is 2.25. The molecule has 3 atom stereocenters. The molecule has 1 rings (SSSR count). The molecule has 0 heterocycles. The van der Waals surface area contributed by atoms with E-state index in [0.29, 0.717) is 11.7 Å². The van der Waals surface area contributed by atoms with E-state index in [1.54, 1.807) is 0 Å². The Balaban J connectivity index is 2.31. The molecule has 6 heteroatoms. The first kappa shape index (κ1) is 16.1. The molecular formula is C13H24N2O3S. The lowest BCUT2D eigenvalue weighted by atomic mass is 9.95. The molecule has 0 aliphatic heterocycles. The van der Waals surface area contributed by atoms with Crippen LogP contribution in [-0.2, 0) is 4.79 Å². The molecule has 3 unspecified atom stereocenters. The molecule has 1 saturated carbocycles. The molecule has 0 spiro atoms. The third-order valence-corrected chi connectivity index (χ3v) is 4.66. The third-order valence-electron chi connectivity index (χ3n) is 3.49. The fourth-order valence-electron chi connectivity index (χ4n) is 2.39. The molecule has 0 aromatic rings. The monoisotopic (exact) mass is 288 g/mol. The van der Waals surface area contributed by atoms with Crippen molar-refractivity contribution >= 4 is 23.8 Å². The highest BCUT2D eigenvalue weighted by Crippen LogP contribution is 2.26. The molecule has 3 N–H and O–H groups in total. The standard InChI is InChI=1S/C13H24N2O3S/c1-9(7-8-12(16)17)14-13(18)15-10-5-3-4-6-11(10)19-2/h9-11H,3-8H2,1-2H3,(H,16,17)(H2,14,15,18). The number of hydrogen-bond donors (Lipinski definition) is 3. The second-order valence-corrected chi connectivity index (χ2v) is 6.19. The van der Waals surface area contributed by atoms with Crippen LogP contribution in [0.3, 0.4) is 0 Å². The number of carboxylic acid groups (broad SMARTS) is 1. The second kappa shape index (κ2) is 8.30. The summed E-state index contributed by atoms with van der Waals surface area (Å²) in [5.41, 5.74) is 0. The van der Waals surface area contributed by atoms with Gasteiger partial charge in [-0.05, 0) is 32.4 Å². The summed E-state index contributed by atoms with van der Waals surface area (Å²) in [5, 5.41) is 14.9. The summed E-state index contributed by atoms with van der Waals surface area (Å²) in [6.45, 7) is 1.83. The van der Waals surface area contributed by atoms with Gasteiger partial charge in [-0.1, -0.05) is 12.8 Å². The molecule has 110 valence electrons. The maximum absolute atomic E-state index is 11.8. The first-order valence-corrected chi connectivity index (χ1v) is 8.13. The number of aliphatic carboxylic acids is 1. The lowest BCUT2D eigenvalue weighted by Crippen LogP contribution is -2.50. The predicted octanol–water partition coefficient (Wildman–Crippen LogP) is 2.21. The smallest absolute Gasteiger partial charge is 0.315 e. The summed E-state index contributed by atoms with van der Waals surface area (Å²) < 4.78 is 0. The summed E-state index contributed by atoms with van der Waals surface area (Å²) in [4.78, 5) is 22.3. The fraction of sp³-hybridized carbons (Fsp3) is 0.846. The molecule has 0 saturated heterocycles. The Morgan fingerprint density at radius 2 is 2.05 bits per heavy atom. The summed E-state index contributed by atoms with van der Waals surface area (Å²) in [6, 6.07) is -0.0633. The molecule has 2 amide bonds. The van der Waals surface area contributed by atoms with E-state index < -0.39 is 5.97 Å². The maximum Gasteiger partial charge on any atom is 0.315 e. The lowest BCUT2D eigenvalue weighted by Gasteiger charge is -2.31. The molecule has 5 nitrogen and oxygen atoms in total. The first-order chi connectivity index (χ1) is 9.02. The number of carbonyl (C=O) groups excluding carboxylic acids is 1. The number of carbonyl (C=O) groups is 2. The van der Waals surface area contributed by atoms with E-state index in [1.807, 2.05) is 18.7 Å². The molecule has 19 heavy (non-hydrogen) atoms. The Hall–Kier alpha value is -0.910. The Morgan fingerprint density at radius 1 is 1.37 bits per heavy atom. The van der Waals surface area contributed by atoms with Crippen molar-refractivity contribution in [2.75, 3.05) is 6.26 Å². The van der Waals surface area contributed by atoms with Crippen molar-refractivity contribution in [1.82, 2.24) is 10.6 Å². The van der Waals surface area contributed by atoms with E-state index in [-0.39, 0.29) is 24.5 Å². The SMILES string of the molecule is CSC1CCCCC1NC(=O)NC(C)CCC(=O)O. The van der Waals surface area contributed by atoms with Gasteiger partial charge in [-0.2, -0.15) is 11.8 Å². The molecule has 0 aromatic carbocycles. The van der Waals surface area contributed by atoms with Gasteiger partial charge >= 0.3 is 12.0 Å². The number of rotatable bonds is 6. The van der Waals surface area contributed by atoms with Crippen molar-refractivity contribution in [3.05, 3.63) is 0 Å². The van der Waals surface area contributed by atoms with Gasteiger partial charge in [-0.15, -0.1) is 0 Å². The summed E-state index contributed by atoms with van der Waals surface area (Å²) >= 11 is 1.81. The zero-order valence-electron chi connectivity index (χ0n) is 11.6. The molecule has 1 fully saturated rings. The zero-order valence-corrected chi connectivity index (χ0v) is 12.5. The van der Waals surface area contributed by atoms with Crippen LogP contribution >= 0.6 is 11.8 Å². The third kappa shape index (κ3) is 6.18. The van der Waals surface area contributed by atoms with Crippen molar-refractivity contribution in [2.45, 2.75) is 62.8 Å². The van der Waals surface area contributed by atoms with Gasteiger partial charge in [-0.3, -0.25) is 4.79 Å². The van der Waals surface area contributed by atoms with Gasteiger partial charge in [0.25, 0.3) is 0 Å². The average molecular weight is 288 g/mol. The molecule has 1 aliphatic carbocycles. The highest BCUT2D eigenvalue weighted by molar-refractivity contribution is 7.99. The van der Waals surface area contributed by atoms with E-state index in [1.165, 1.54) is 6.42 Å². The van der Waals surface area contributed by atoms with E-state index in [9.17, 15) is 9.59 Å². The fourth-order valence-corrected chi connectivity index (χ4v) is 3.33. The number of hydrogen-bond acceptors (Lipinski definition) is 3. The van der Waals surface area contributed by atoms with Gasteiger partial charge in [-0.25, -0.2) is 4.79 Å². The molecule has 0 aromatic heterocycles. The van der Waals surface area contributed by atoms with Crippen LogP contribution in [0, 0.1) is 0 Å². The first-order valence-electron chi connectivity index (χ1n) is 6.84. The van der Waals surface area contributed by atoms with E-state index >= 15 is 0 Å². The van der Waals surface area contributed by atoms with E-state index in [0.717, 1.165) is 19.3 Å². The normalized spacial score (nSPS) is 24.5. The second-order valence-electron chi connectivity index (χ2n) is 5.12. The van der Waals surface area contributed by atoms with Crippen molar-refractivity contribution in [1.29, 1.82) is 0 Å². The molecule has 1 aliphatic rings. The number of amides is 2. The van der Waals surface area contributed by atoms with E-state index in [4.69, 9.17) is 5.11 Å². The van der Waals surface area contributed by atoms with Crippen LogP contribution in [0.5, 0.6) is 0 Å². The van der Waals surface area contributed by atoms with E-state index in [2.05, 4.69) is 16.9 Å². The van der Waals surface area contributed by atoms with Crippen LogP contribution in [0.1, 0.15) is 45.4 Å². The van der Waals surface area contributed by atoms with Crippen LogP contribution in [0.25, 0.3) is 0 Å². The van der Waals surface area contributed by atoms with Crippen LogP contribution in [0.15, 0.2) is 0 Å². The number of urea groups is 1. The highest BCUT2D eigenvalue weighted by atomic mass is 32.2. The van der Waals surface area contributed by atoms with Gasteiger partial charge in [0.2, 0.25) is 0 Å². The van der Waals surface area contributed by atoms with Crippen LogP contribution in [0.4, 0.5) is 4.79 Å². The van der Waals surface area contributed by atoms with Crippen LogP contribution in [-0.4, -0.2) is 40.7 Å². The maximum atomic E-state index is 11.8. The van der Waals surface area contributed by atoms with Crippen molar-refractivity contribution in [2.24, 2.45) is 0 Å². The van der Waals surface area contributed by atoms with Crippen molar-refractivity contribution in [3.63, 3.8) is 0 Å². The molecule has 0 bridgehead atoms. The van der Waals surface area contributed by atoms with Crippen molar-refractivity contribution in [3.8, 4) is 0 Å². The van der Waals surface area contributed by atoms with Gasteiger partial charge in [0.15, 0.2) is 0 Å². The summed E-state index contributed by atoms with van der Waals surface area (Å²) in [6.07, 6.45) is 7.20. The lowest BCUT2D eigenvalue weighted by molar-refractivity contribution is -0.137. The minimum absolute atomic E-state index is 0.0817. The molecular weight excluding hydrogens is 264 g/mol. The van der Waals surface area contributed by atoms with Gasteiger partial charge in [0.1, 0.15) is 0 Å². The average Bonchev–Trinajstić information content (AvgIpc) is 2.37. The topological polar surface area (TPSA) is 78.4 Å². The van der Waals surface area contributed by atoms with Crippen LogP contribution < -0.4 is 10.6 Å². The zero-order chi connectivity index (χ0) is 14.3. The number of nitrogens with one attached hydrogen (secondary N) is 2. The minimum Gasteiger partial charge on any atom is -0.481 e. The molecule has 0 radical (unpaired) electrons. The van der Waals surface area contributed by atoms with Gasteiger partial charge in [0.05, 0.1) is 0 Å². The number of carboxylic acids is 1. The van der Waals surface area contributed by atoms with Crippen LogP contribution in [0.2, 0.25) is 0 Å². The summed E-state index contributed by atoms with van der Waals surface area (Å²) in [7, 11) is 0. The van der Waals surface area contributed by atoms with Gasteiger partial charge < -0.3 is 15.7 Å². The Kier molecular flexibility index (Phi) is 7.05. The Labute approximate surface area is 118 Å². The minimum atomic E-state index is -0.830. The predicted molar refractivity (Wildman–Crippen MR) is 77.6 cm³/mol. The van der Waals surface area contributed by atoms with Gasteiger partial charge in [0, 0.05) is 23.8 Å². The number of thioether (sulfide) groups is 1. The summed E-state index contributed by atoms with van der Waals surface area (Å²) in [5.74, 6) is -0.830. The quantitative estimate of drug-likeness (QED) is 0.700. The Bertz CT molecular complexity index is 312. The van der Waals surface area contributed by atoms with Crippen molar-refractivity contribution < 1.29 is 14.7 Å². The Morgan fingerprint density at radius 3 is 2.68 bits per heavy atom. The largest absolute Gasteiger partial charge is 0.481 e.